The topological polar surface area (TPSA) is 69.5 Å². The number of thioether (sulfide) groups is 1. The van der Waals surface area contributed by atoms with Crippen LogP contribution >= 0.6 is 11.8 Å². The minimum atomic E-state index is 0.0112. The molecule has 0 saturated carbocycles. The van der Waals surface area contributed by atoms with Crippen molar-refractivity contribution in [3.05, 3.63) is 48.0 Å². The Labute approximate surface area is 163 Å². The first-order chi connectivity index (χ1) is 13.2. The van der Waals surface area contributed by atoms with Crippen LogP contribution in [0.5, 0.6) is 0 Å². The Kier molecular flexibility index (Phi) is 5.47. The SMILES string of the molecule is COCCn1ccc(C(=O)N2CC3(CC(OCc4cccnc4)CS3)C2)n1. The van der Waals surface area contributed by atoms with Crippen molar-refractivity contribution in [2.45, 2.75) is 30.4 Å². The number of aromatic nitrogens is 3. The number of hydrogen-bond donors (Lipinski definition) is 0. The predicted octanol–water partition coefficient (Wildman–Crippen LogP) is 1.84. The van der Waals surface area contributed by atoms with Gasteiger partial charge in [0.2, 0.25) is 0 Å². The fraction of sp³-hybridized carbons (Fsp3) is 0.526. The molecule has 27 heavy (non-hydrogen) atoms. The number of likely N-dealkylation sites (tertiary alicyclic amines) is 1. The van der Waals surface area contributed by atoms with Gasteiger partial charge in [-0.05, 0) is 24.1 Å². The highest BCUT2D eigenvalue weighted by atomic mass is 32.2. The van der Waals surface area contributed by atoms with Gasteiger partial charge in [0.05, 0.1) is 30.6 Å². The van der Waals surface area contributed by atoms with E-state index in [0.29, 0.717) is 25.5 Å². The summed E-state index contributed by atoms with van der Waals surface area (Å²) in [6.45, 7) is 3.37. The number of carbonyl (C=O) groups is 1. The van der Waals surface area contributed by atoms with E-state index in [0.717, 1.165) is 30.8 Å². The molecule has 0 aromatic carbocycles. The van der Waals surface area contributed by atoms with E-state index in [1.54, 1.807) is 24.1 Å². The van der Waals surface area contributed by atoms with Gasteiger partial charge in [-0.15, -0.1) is 11.8 Å². The number of pyridine rings is 1. The smallest absolute Gasteiger partial charge is 0.274 e. The molecule has 2 aromatic rings. The maximum absolute atomic E-state index is 12.6. The molecule has 8 heteroatoms. The molecule has 1 unspecified atom stereocenters. The molecule has 1 atom stereocenters. The van der Waals surface area contributed by atoms with E-state index < -0.39 is 0 Å². The van der Waals surface area contributed by atoms with Gasteiger partial charge >= 0.3 is 0 Å². The lowest BCUT2D eigenvalue weighted by molar-refractivity contribution is 0.0252. The second-order valence-corrected chi connectivity index (χ2v) is 8.60. The summed E-state index contributed by atoms with van der Waals surface area (Å²) in [5.74, 6) is 0.991. The molecule has 2 aliphatic rings. The monoisotopic (exact) mass is 388 g/mol. The van der Waals surface area contributed by atoms with Crippen LogP contribution in [0.3, 0.4) is 0 Å². The van der Waals surface area contributed by atoms with Crippen molar-refractivity contribution in [3.8, 4) is 0 Å². The van der Waals surface area contributed by atoms with Gasteiger partial charge in [-0.1, -0.05) is 6.07 Å². The van der Waals surface area contributed by atoms with Gasteiger partial charge < -0.3 is 14.4 Å². The molecular weight excluding hydrogens is 364 g/mol. The normalized spacial score (nSPS) is 20.8. The molecule has 7 nitrogen and oxygen atoms in total. The lowest BCUT2D eigenvalue weighted by atomic mass is 9.92. The molecule has 1 spiro atoms. The first-order valence-corrected chi connectivity index (χ1v) is 10.1. The van der Waals surface area contributed by atoms with Gasteiger partial charge in [-0.3, -0.25) is 14.5 Å². The van der Waals surface area contributed by atoms with Crippen LogP contribution in [0, 0.1) is 0 Å². The zero-order valence-electron chi connectivity index (χ0n) is 15.4. The second-order valence-electron chi connectivity index (χ2n) is 7.11. The number of methoxy groups -OCH3 is 1. The molecule has 2 saturated heterocycles. The summed E-state index contributed by atoms with van der Waals surface area (Å²) < 4.78 is 13.0. The Morgan fingerprint density at radius 1 is 1.41 bits per heavy atom. The third kappa shape index (κ3) is 4.17. The van der Waals surface area contributed by atoms with Crippen LogP contribution in [0.2, 0.25) is 0 Å². The summed E-state index contributed by atoms with van der Waals surface area (Å²) in [7, 11) is 1.65. The molecule has 0 N–H and O–H groups in total. The summed E-state index contributed by atoms with van der Waals surface area (Å²) in [6, 6.07) is 5.74. The standard InChI is InChI=1S/C19H24N4O3S/c1-25-8-7-23-6-4-17(21-23)18(24)22-13-19(14-22)9-16(12-27-19)26-11-15-3-2-5-20-10-15/h2-6,10,16H,7-9,11-14H2,1H3. The highest BCUT2D eigenvalue weighted by Crippen LogP contribution is 2.46. The summed E-state index contributed by atoms with van der Waals surface area (Å²) in [6.07, 6.45) is 6.66. The van der Waals surface area contributed by atoms with Crippen LogP contribution in [-0.2, 0) is 22.6 Å². The lowest BCUT2D eigenvalue weighted by Crippen LogP contribution is -2.60. The molecule has 2 fully saturated rings. The van der Waals surface area contributed by atoms with Crippen molar-refractivity contribution in [1.82, 2.24) is 19.7 Å². The number of carbonyl (C=O) groups excluding carboxylic acids is 1. The van der Waals surface area contributed by atoms with Crippen LogP contribution < -0.4 is 0 Å². The molecule has 144 valence electrons. The van der Waals surface area contributed by atoms with Gasteiger partial charge in [-0.2, -0.15) is 5.10 Å². The molecular formula is C19H24N4O3S. The molecule has 0 aliphatic carbocycles. The quantitative estimate of drug-likeness (QED) is 0.721. The molecule has 0 radical (unpaired) electrons. The average Bonchev–Trinajstić information content (AvgIpc) is 3.31. The fourth-order valence-electron chi connectivity index (χ4n) is 3.57. The number of hydrogen-bond acceptors (Lipinski definition) is 6. The summed E-state index contributed by atoms with van der Waals surface area (Å²) >= 11 is 1.93. The van der Waals surface area contributed by atoms with Gasteiger partial charge in [0, 0.05) is 44.5 Å². The molecule has 2 aromatic heterocycles. The van der Waals surface area contributed by atoms with Crippen molar-refractivity contribution in [1.29, 1.82) is 0 Å². The first-order valence-electron chi connectivity index (χ1n) is 9.14. The third-order valence-corrected chi connectivity index (χ3v) is 6.59. The Balaban J connectivity index is 1.25. The Morgan fingerprint density at radius 3 is 3.07 bits per heavy atom. The number of ether oxygens (including phenoxy) is 2. The maximum Gasteiger partial charge on any atom is 0.274 e. The van der Waals surface area contributed by atoms with E-state index in [1.807, 2.05) is 41.2 Å². The Bertz CT molecular complexity index is 776. The molecule has 0 bridgehead atoms. The van der Waals surface area contributed by atoms with Gasteiger partial charge in [0.15, 0.2) is 0 Å². The van der Waals surface area contributed by atoms with E-state index in [-0.39, 0.29) is 16.8 Å². The van der Waals surface area contributed by atoms with Crippen LogP contribution in [-0.4, -0.2) is 69.0 Å². The molecule has 4 heterocycles. The highest BCUT2D eigenvalue weighted by molar-refractivity contribution is 8.01. The Hall–Kier alpha value is -1.90. The molecule has 4 rings (SSSR count). The molecule has 1 amide bonds. The van der Waals surface area contributed by atoms with E-state index >= 15 is 0 Å². The maximum atomic E-state index is 12.6. The van der Waals surface area contributed by atoms with Gasteiger partial charge in [0.1, 0.15) is 5.69 Å². The largest absolute Gasteiger partial charge is 0.383 e. The van der Waals surface area contributed by atoms with Gasteiger partial charge in [0.25, 0.3) is 5.91 Å². The van der Waals surface area contributed by atoms with Crippen molar-refractivity contribution in [3.63, 3.8) is 0 Å². The zero-order valence-corrected chi connectivity index (χ0v) is 16.2. The van der Waals surface area contributed by atoms with Crippen LogP contribution in [0.15, 0.2) is 36.8 Å². The van der Waals surface area contributed by atoms with Crippen molar-refractivity contribution >= 4 is 17.7 Å². The Morgan fingerprint density at radius 2 is 2.30 bits per heavy atom. The third-order valence-electron chi connectivity index (χ3n) is 5.01. The van der Waals surface area contributed by atoms with Crippen LogP contribution in [0.1, 0.15) is 22.5 Å². The lowest BCUT2D eigenvalue weighted by Gasteiger charge is -2.47. The minimum absolute atomic E-state index is 0.0112. The predicted molar refractivity (Wildman–Crippen MR) is 103 cm³/mol. The number of amides is 1. The summed E-state index contributed by atoms with van der Waals surface area (Å²) in [5, 5.41) is 4.35. The summed E-state index contributed by atoms with van der Waals surface area (Å²) in [5.41, 5.74) is 1.60. The minimum Gasteiger partial charge on any atom is -0.383 e. The van der Waals surface area contributed by atoms with E-state index in [2.05, 4.69) is 10.1 Å². The average molecular weight is 388 g/mol. The molecule has 2 aliphatic heterocycles. The van der Waals surface area contributed by atoms with E-state index in [4.69, 9.17) is 9.47 Å². The summed E-state index contributed by atoms with van der Waals surface area (Å²) in [4.78, 5) is 18.6. The second kappa shape index (κ2) is 8.00. The zero-order chi connectivity index (χ0) is 18.7. The van der Waals surface area contributed by atoms with Crippen LogP contribution in [0.25, 0.3) is 0 Å². The van der Waals surface area contributed by atoms with E-state index in [9.17, 15) is 4.79 Å². The van der Waals surface area contributed by atoms with Crippen molar-refractivity contribution in [2.24, 2.45) is 0 Å². The van der Waals surface area contributed by atoms with Gasteiger partial charge in [-0.25, -0.2) is 0 Å². The van der Waals surface area contributed by atoms with Crippen molar-refractivity contribution < 1.29 is 14.3 Å². The van der Waals surface area contributed by atoms with Crippen LogP contribution in [0.4, 0.5) is 0 Å². The number of nitrogens with zero attached hydrogens (tertiary/aromatic N) is 4. The highest BCUT2D eigenvalue weighted by Gasteiger charge is 2.51. The van der Waals surface area contributed by atoms with Crippen molar-refractivity contribution in [2.75, 3.05) is 32.6 Å². The first kappa shape index (κ1) is 18.5. The number of rotatable bonds is 7. The fourth-order valence-corrected chi connectivity index (χ4v) is 5.12. The van der Waals surface area contributed by atoms with E-state index in [1.165, 1.54) is 0 Å².